The van der Waals surface area contributed by atoms with E-state index in [1.807, 2.05) is 25.1 Å². The Morgan fingerprint density at radius 3 is 2.94 bits per heavy atom. The summed E-state index contributed by atoms with van der Waals surface area (Å²) >= 11 is 0. The highest BCUT2D eigenvalue weighted by atomic mass is 16.5. The molecule has 0 bridgehead atoms. The minimum absolute atomic E-state index is 0.0180. The first-order valence-electron chi connectivity index (χ1n) is 6.38. The first-order valence-corrected chi connectivity index (χ1v) is 6.38. The van der Waals surface area contributed by atoms with Gasteiger partial charge in [-0.2, -0.15) is 0 Å². The fraction of sp³-hybridized carbons (Fsp3) is 0.500. The van der Waals surface area contributed by atoms with Gasteiger partial charge in [-0.1, -0.05) is 12.1 Å². The Kier molecular flexibility index (Phi) is 4.20. The maximum atomic E-state index is 11.2. The van der Waals surface area contributed by atoms with Crippen molar-refractivity contribution >= 4 is 5.91 Å². The number of benzene rings is 1. The molecule has 4 heteroatoms. The van der Waals surface area contributed by atoms with Crippen LogP contribution >= 0.6 is 0 Å². The molecule has 0 saturated heterocycles. The molecule has 0 heterocycles. The van der Waals surface area contributed by atoms with Gasteiger partial charge in [0.2, 0.25) is 5.91 Å². The van der Waals surface area contributed by atoms with E-state index in [9.17, 15) is 4.79 Å². The van der Waals surface area contributed by atoms with Gasteiger partial charge in [0.15, 0.2) is 0 Å². The standard InChI is InChI=1S/C14H20N2O2/c1-10-2-5-12(8-16-14(17)7-15)13(6-10)18-9-11-3-4-11/h2,5-6,11H,3-4,7-9,15H2,1H3,(H,16,17). The number of carbonyl (C=O) groups is 1. The van der Waals surface area contributed by atoms with Crippen molar-refractivity contribution in [3.05, 3.63) is 29.3 Å². The Morgan fingerprint density at radius 2 is 2.28 bits per heavy atom. The fourth-order valence-electron chi connectivity index (χ4n) is 1.70. The lowest BCUT2D eigenvalue weighted by molar-refractivity contribution is -0.119. The Labute approximate surface area is 108 Å². The monoisotopic (exact) mass is 248 g/mol. The minimum Gasteiger partial charge on any atom is -0.493 e. The van der Waals surface area contributed by atoms with Gasteiger partial charge in [-0.15, -0.1) is 0 Å². The molecule has 0 aliphatic heterocycles. The molecule has 1 aromatic rings. The molecule has 0 aromatic heterocycles. The van der Waals surface area contributed by atoms with Gasteiger partial charge < -0.3 is 15.8 Å². The van der Waals surface area contributed by atoms with Crippen LogP contribution in [0.2, 0.25) is 0 Å². The quantitative estimate of drug-likeness (QED) is 0.799. The van der Waals surface area contributed by atoms with Crippen LogP contribution in [-0.4, -0.2) is 19.1 Å². The fourth-order valence-corrected chi connectivity index (χ4v) is 1.70. The Balaban J connectivity index is 1.99. The lowest BCUT2D eigenvalue weighted by Crippen LogP contribution is -2.29. The van der Waals surface area contributed by atoms with E-state index >= 15 is 0 Å². The molecule has 0 atom stereocenters. The van der Waals surface area contributed by atoms with E-state index in [0.29, 0.717) is 6.54 Å². The van der Waals surface area contributed by atoms with Crippen LogP contribution in [-0.2, 0) is 11.3 Å². The molecule has 3 N–H and O–H groups in total. The minimum atomic E-state index is -0.149. The summed E-state index contributed by atoms with van der Waals surface area (Å²) in [6.07, 6.45) is 2.54. The molecule has 98 valence electrons. The smallest absolute Gasteiger partial charge is 0.234 e. The topological polar surface area (TPSA) is 64.4 Å². The SMILES string of the molecule is Cc1ccc(CNC(=O)CN)c(OCC2CC2)c1. The summed E-state index contributed by atoms with van der Waals surface area (Å²) in [7, 11) is 0. The summed E-state index contributed by atoms with van der Waals surface area (Å²) < 4.78 is 5.83. The van der Waals surface area contributed by atoms with Gasteiger partial charge in [0.25, 0.3) is 0 Å². The lowest BCUT2D eigenvalue weighted by atomic mass is 10.1. The van der Waals surface area contributed by atoms with E-state index in [2.05, 4.69) is 5.32 Å². The van der Waals surface area contributed by atoms with Gasteiger partial charge in [0, 0.05) is 12.1 Å². The zero-order valence-electron chi connectivity index (χ0n) is 10.7. The van der Waals surface area contributed by atoms with Crippen LogP contribution in [0.5, 0.6) is 5.75 Å². The second-order valence-corrected chi connectivity index (χ2v) is 4.85. The van der Waals surface area contributed by atoms with Crippen molar-refractivity contribution in [1.82, 2.24) is 5.32 Å². The summed E-state index contributed by atoms with van der Waals surface area (Å²) in [5.41, 5.74) is 7.43. The maximum absolute atomic E-state index is 11.2. The third kappa shape index (κ3) is 3.74. The maximum Gasteiger partial charge on any atom is 0.234 e. The Bertz CT molecular complexity index is 428. The van der Waals surface area contributed by atoms with Crippen LogP contribution in [0.25, 0.3) is 0 Å². The van der Waals surface area contributed by atoms with Crippen LogP contribution in [0.15, 0.2) is 18.2 Å². The average molecular weight is 248 g/mol. The van der Waals surface area contributed by atoms with Crippen LogP contribution in [0, 0.1) is 12.8 Å². The van der Waals surface area contributed by atoms with Crippen LogP contribution < -0.4 is 15.8 Å². The Hall–Kier alpha value is -1.55. The van der Waals surface area contributed by atoms with Crippen molar-refractivity contribution < 1.29 is 9.53 Å². The second-order valence-electron chi connectivity index (χ2n) is 4.85. The molecule has 18 heavy (non-hydrogen) atoms. The van der Waals surface area contributed by atoms with E-state index < -0.39 is 0 Å². The highest BCUT2D eigenvalue weighted by Crippen LogP contribution is 2.30. The van der Waals surface area contributed by atoms with E-state index in [1.54, 1.807) is 0 Å². The highest BCUT2D eigenvalue weighted by molar-refractivity contribution is 5.77. The largest absolute Gasteiger partial charge is 0.493 e. The first-order chi connectivity index (χ1) is 8.69. The molecule has 1 fully saturated rings. The number of aryl methyl sites for hydroxylation is 1. The number of amides is 1. The molecule has 1 aromatic carbocycles. The number of ether oxygens (including phenoxy) is 1. The summed E-state index contributed by atoms with van der Waals surface area (Å²) in [6, 6.07) is 6.04. The van der Waals surface area contributed by atoms with Crippen molar-refractivity contribution in [2.45, 2.75) is 26.3 Å². The normalized spacial score (nSPS) is 14.3. The van der Waals surface area contributed by atoms with E-state index in [0.717, 1.165) is 29.4 Å². The highest BCUT2D eigenvalue weighted by Gasteiger charge is 2.22. The summed E-state index contributed by atoms with van der Waals surface area (Å²) in [5, 5.41) is 2.77. The van der Waals surface area contributed by atoms with Crippen LogP contribution in [0.1, 0.15) is 24.0 Å². The van der Waals surface area contributed by atoms with Gasteiger partial charge >= 0.3 is 0 Å². The summed E-state index contributed by atoms with van der Waals surface area (Å²) in [5.74, 6) is 1.44. The molecular formula is C14H20N2O2. The molecule has 4 nitrogen and oxygen atoms in total. The summed E-state index contributed by atoms with van der Waals surface area (Å²) in [6.45, 7) is 3.30. The average Bonchev–Trinajstić information content (AvgIpc) is 3.18. The predicted molar refractivity (Wildman–Crippen MR) is 70.3 cm³/mol. The van der Waals surface area contributed by atoms with Crippen molar-refractivity contribution in [2.75, 3.05) is 13.2 Å². The third-order valence-corrected chi connectivity index (χ3v) is 3.06. The van der Waals surface area contributed by atoms with Gasteiger partial charge in [-0.3, -0.25) is 4.79 Å². The Morgan fingerprint density at radius 1 is 1.50 bits per heavy atom. The number of nitrogens with two attached hydrogens (primary N) is 1. The van der Waals surface area contributed by atoms with Gasteiger partial charge in [0.05, 0.1) is 13.2 Å². The molecule has 1 saturated carbocycles. The van der Waals surface area contributed by atoms with Crippen molar-refractivity contribution in [2.24, 2.45) is 11.7 Å². The third-order valence-electron chi connectivity index (χ3n) is 3.06. The number of carbonyl (C=O) groups excluding carboxylic acids is 1. The van der Waals surface area contributed by atoms with E-state index in [-0.39, 0.29) is 12.5 Å². The van der Waals surface area contributed by atoms with Gasteiger partial charge in [-0.25, -0.2) is 0 Å². The molecule has 1 amide bonds. The van der Waals surface area contributed by atoms with E-state index in [4.69, 9.17) is 10.5 Å². The molecule has 1 aliphatic carbocycles. The second kappa shape index (κ2) is 5.87. The number of hydrogen-bond donors (Lipinski definition) is 2. The molecule has 0 spiro atoms. The van der Waals surface area contributed by atoms with Crippen LogP contribution in [0.3, 0.4) is 0 Å². The molecule has 0 radical (unpaired) electrons. The number of rotatable bonds is 6. The van der Waals surface area contributed by atoms with Crippen LogP contribution in [0.4, 0.5) is 0 Å². The molecule has 2 rings (SSSR count). The van der Waals surface area contributed by atoms with Crippen molar-refractivity contribution in [3.63, 3.8) is 0 Å². The molecular weight excluding hydrogens is 228 g/mol. The molecule has 0 unspecified atom stereocenters. The summed E-state index contributed by atoms with van der Waals surface area (Å²) in [4.78, 5) is 11.2. The van der Waals surface area contributed by atoms with E-state index in [1.165, 1.54) is 12.8 Å². The van der Waals surface area contributed by atoms with Gasteiger partial charge in [-0.05, 0) is 37.3 Å². The molecule has 1 aliphatic rings. The predicted octanol–water partition coefficient (Wildman–Crippen LogP) is 1.36. The zero-order valence-corrected chi connectivity index (χ0v) is 10.7. The number of nitrogens with one attached hydrogen (secondary N) is 1. The number of hydrogen-bond acceptors (Lipinski definition) is 3. The lowest BCUT2D eigenvalue weighted by Gasteiger charge is -2.12. The zero-order chi connectivity index (χ0) is 13.0. The van der Waals surface area contributed by atoms with Gasteiger partial charge in [0.1, 0.15) is 5.75 Å². The van der Waals surface area contributed by atoms with Crippen molar-refractivity contribution in [1.29, 1.82) is 0 Å². The first kappa shape index (κ1) is 12.9. The van der Waals surface area contributed by atoms with Crippen molar-refractivity contribution in [3.8, 4) is 5.75 Å².